The molecule has 2 aromatic rings. The predicted molar refractivity (Wildman–Crippen MR) is 89.3 cm³/mol. The maximum atomic E-state index is 13.0. The van der Waals surface area contributed by atoms with Crippen molar-refractivity contribution in [2.24, 2.45) is 0 Å². The maximum absolute atomic E-state index is 13.0. The average molecular weight is 357 g/mol. The molecule has 0 aliphatic rings. The molecule has 3 nitrogen and oxygen atoms in total. The van der Waals surface area contributed by atoms with Crippen LogP contribution in [0.3, 0.4) is 0 Å². The van der Waals surface area contributed by atoms with Crippen molar-refractivity contribution in [2.75, 3.05) is 10.6 Å². The number of amides is 1. The molecular formula is C17H16ClF3N2O. The van der Waals surface area contributed by atoms with Crippen molar-refractivity contribution in [1.82, 2.24) is 0 Å². The first-order valence-electron chi connectivity index (χ1n) is 7.17. The summed E-state index contributed by atoms with van der Waals surface area (Å²) < 4.78 is 39.1. The summed E-state index contributed by atoms with van der Waals surface area (Å²) in [4.78, 5) is 12.2. The lowest BCUT2D eigenvalue weighted by molar-refractivity contribution is -0.137. The van der Waals surface area contributed by atoms with Crippen molar-refractivity contribution >= 4 is 28.9 Å². The Balaban J connectivity index is 2.13. The van der Waals surface area contributed by atoms with Crippen molar-refractivity contribution in [3.63, 3.8) is 0 Å². The summed E-state index contributed by atoms with van der Waals surface area (Å²) in [6.45, 7) is 3.50. The SMILES string of the molecule is Cc1ccc(NC(C)C(=O)Nc2ccc(Cl)cc2C(F)(F)F)cc1. The molecule has 0 bridgehead atoms. The normalized spacial score (nSPS) is 12.6. The van der Waals surface area contributed by atoms with Crippen molar-refractivity contribution < 1.29 is 18.0 Å². The second-order valence-corrected chi connectivity index (χ2v) is 5.85. The summed E-state index contributed by atoms with van der Waals surface area (Å²) >= 11 is 5.62. The second-order valence-electron chi connectivity index (χ2n) is 5.41. The molecule has 0 fully saturated rings. The Morgan fingerprint density at radius 1 is 1.12 bits per heavy atom. The molecule has 0 heterocycles. The van der Waals surface area contributed by atoms with Gasteiger partial charge in [-0.1, -0.05) is 29.3 Å². The van der Waals surface area contributed by atoms with Crippen LogP contribution in [0.5, 0.6) is 0 Å². The number of rotatable bonds is 4. The summed E-state index contributed by atoms with van der Waals surface area (Å²) in [5.74, 6) is -0.580. The van der Waals surface area contributed by atoms with Gasteiger partial charge in [0.25, 0.3) is 0 Å². The van der Waals surface area contributed by atoms with Crippen LogP contribution in [0.15, 0.2) is 42.5 Å². The van der Waals surface area contributed by atoms with Gasteiger partial charge in [0.15, 0.2) is 0 Å². The van der Waals surface area contributed by atoms with Gasteiger partial charge < -0.3 is 10.6 Å². The van der Waals surface area contributed by atoms with Crippen LogP contribution in [0, 0.1) is 6.92 Å². The van der Waals surface area contributed by atoms with Crippen LogP contribution in [-0.4, -0.2) is 11.9 Å². The number of aryl methyl sites for hydroxylation is 1. The van der Waals surface area contributed by atoms with E-state index in [1.165, 1.54) is 6.07 Å². The van der Waals surface area contributed by atoms with Crippen LogP contribution in [0.1, 0.15) is 18.1 Å². The first-order chi connectivity index (χ1) is 11.2. The van der Waals surface area contributed by atoms with E-state index in [0.717, 1.165) is 17.7 Å². The molecule has 2 rings (SSSR count). The first kappa shape index (κ1) is 18.1. The highest BCUT2D eigenvalue weighted by Gasteiger charge is 2.34. The largest absolute Gasteiger partial charge is 0.418 e. The van der Waals surface area contributed by atoms with E-state index >= 15 is 0 Å². The maximum Gasteiger partial charge on any atom is 0.418 e. The highest BCUT2D eigenvalue weighted by molar-refractivity contribution is 6.30. The van der Waals surface area contributed by atoms with Gasteiger partial charge in [-0.15, -0.1) is 0 Å². The summed E-state index contributed by atoms with van der Waals surface area (Å²) in [5, 5.41) is 5.19. The lowest BCUT2D eigenvalue weighted by atomic mass is 10.1. The second kappa shape index (κ2) is 7.13. The van der Waals surface area contributed by atoms with Crippen LogP contribution in [0.25, 0.3) is 0 Å². The predicted octanol–water partition coefficient (Wildman–Crippen LogP) is 5.11. The number of hydrogen-bond donors (Lipinski definition) is 2. The molecule has 0 radical (unpaired) electrons. The fourth-order valence-electron chi connectivity index (χ4n) is 2.07. The fraction of sp³-hybridized carbons (Fsp3) is 0.235. The zero-order chi connectivity index (χ0) is 17.9. The van der Waals surface area contributed by atoms with E-state index in [4.69, 9.17) is 11.6 Å². The van der Waals surface area contributed by atoms with Gasteiger partial charge in [0, 0.05) is 10.7 Å². The topological polar surface area (TPSA) is 41.1 Å². The molecule has 0 aliphatic heterocycles. The number of carbonyl (C=O) groups is 1. The number of benzene rings is 2. The summed E-state index contributed by atoms with van der Waals surface area (Å²) in [5.41, 5.74) is 0.462. The highest BCUT2D eigenvalue weighted by atomic mass is 35.5. The lowest BCUT2D eigenvalue weighted by Gasteiger charge is -2.18. The Labute approximate surface area is 142 Å². The molecule has 2 N–H and O–H groups in total. The number of alkyl halides is 3. The van der Waals surface area contributed by atoms with Gasteiger partial charge in [-0.05, 0) is 44.2 Å². The van der Waals surface area contributed by atoms with Crippen molar-refractivity contribution in [3.05, 3.63) is 58.6 Å². The van der Waals surface area contributed by atoms with E-state index in [-0.39, 0.29) is 10.7 Å². The molecule has 0 saturated heterocycles. The molecule has 0 aliphatic carbocycles. The minimum absolute atomic E-state index is 0.0499. The number of nitrogens with one attached hydrogen (secondary N) is 2. The minimum Gasteiger partial charge on any atom is -0.374 e. The Morgan fingerprint density at radius 3 is 2.33 bits per heavy atom. The number of anilines is 2. The monoisotopic (exact) mass is 356 g/mol. The molecule has 24 heavy (non-hydrogen) atoms. The van der Waals surface area contributed by atoms with Gasteiger partial charge in [0.1, 0.15) is 6.04 Å². The zero-order valence-electron chi connectivity index (χ0n) is 13.0. The van der Waals surface area contributed by atoms with Gasteiger partial charge in [-0.2, -0.15) is 13.2 Å². The number of carbonyl (C=O) groups excluding carboxylic acids is 1. The fourth-order valence-corrected chi connectivity index (χ4v) is 2.24. The summed E-state index contributed by atoms with van der Waals surface area (Å²) in [6, 6.07) is 9.83. The van der Waals surface area contributed by atoms with Gasteiger partial charge in [0.05, 0.1) is 11.3 Å². The Bertz CT molecular complexity index is 730. The molecule has 7 heteroatoms. The number of hydrogen-bond acceptors (Lipinski definition) is 2. The van der Waals surface area contributed by atoms with Crippen LogP contribution >= 0.6 is 11.6 Å². The Morgan fingerprint density at radius 2 is 1.75 bits per heavy atom. The number of halogens is 4. The van der Waals surface area contributed by atoms with Crippen molar-refractivity contribution in [3.8, 4) is 0 Å². The van der Waals surface area contributed by atoms with Gasteiger partial charge in [-0.25, -0.2) is 0 Å². The Hall–Kier alpha value is -2.21. The van der Waals surface area contributed by atoms with Crippen LogP contribution in [0.4, 0.5) is 24.5 Å². The van der Waals surface area contributed by atoms with E-state index in [0.29, 0.717) is 5.69 Å². The van der Waals surface area contributed by atoms with E-state index in [2.05, 4.69) is 10.6 Å². The van der Waals surface area contributed by atoms with Gasteiger partial charge >= 0.3 is 6.18 Å². The average Bonchev–Trinajstić information content (AvgIpc) is 2.50. The molecule has 1 amide bonds. The minimum atomic E-state index is -4.61. The van der Waals surface area contributed by atoms with E-state index < -0.39 is 23.7 Å². The third-order valence-corrected chi connectivity index (χ3v) is 3.61. The van der Waals surface area contributed by atoms with Gasteiger partial charge in [0.2, 0.25) is 5.91 Å². The van der Waals surface area contributed by atoms with E-state index in [9.17, 15) is 18.0 Å². The Kier molecular flexibility index (Phi) is 5.39. The highest BCUT2D eigenvalue weighted by Crippen LogP contribution is 2.36. The quantitative estimate of drug-likeness (QED) is 0.799. The third-order valence-electron chi connectivity index (χ3n) is 3.37. The van der Waals surface area contributed by atoms with Crippen LogP contribution < -0.4 is 10.6 Å². The van der Waals surface area contributed by atoms with Crippen LogP contribution in [0.2, 0.25) is 5.02 Å². The smallest absolute Gasteiger partial charge is 0.374 e. The molecule has 1 unspecified atom stereocenters. The van der Waals surface area contributed by atoms with Crippen molar-refractivity contribution in [2.45, 2.75) is 26.1 Å². The first-order valence-corrected chi connectivity index (χ1v) is 7.55. The van der Waals surface area contributed by atoms with E-state index in [1.54, 1.807) is 19.1 Å². The molecule has 1 atom stereocenters. The lowest BCUT2D eigenvalue weighted by Crippen LogP contribution is -2.32. The zero-order valence-corrected chi connectivity index (χ0v) is 13.8. The van der Waals surface area contributed by atoms with Crippen molar-refractivity contribution in [1.29, 1.82) is 0 Å². The molecular weight excluding hydrogens is 341 g/mol. The summed E-state index contributed by atoms with van der Waals surface area (Å²) in [7, 11) is 0. The molecule has 0 spiro atoms. The summed E-state index contributed by atoms with van der Waals surface area (Å²) in [6.07, 6.45) is -4.61. The molecule has 128 valence electrons. The standard InChI is InChI=1S/C17H16ClF3N2O/c1-10-3-6-13(7-4-10)22-11(2)16(24)23-15-8-5-12(18)9-14(15)17(19,20)21/h3-9,11,22H,1-2H3,(H,23,24). The van der Waals surface area contributed by atoms with E-state index in [1.807, 2.05) is 19.1 Å². The van der Waals surface area contributed by atoms with Gasteiger partial charge in [-0.3, -0.25) is 4.79 Å². The molecule has 0 aromatic heterocycles. The molecule has 2 aromatic carbocycles. The van der Waals surface area contributed by atoms with Crippen LogP contribution in [-0.2, 0) is 11.0 Å². The molecule has 0 saturated carbocycles. The third kappa shape index (κ3) is 4.64.